The van der Waals surface area contributed by atoms with Crippen molar-refractivity contribution in [3.8, 4) is 0 Å². The Morgan fingerprint density at radius 1 is 1.29 bits per heavy atom. The quantitative estimate of drug-likeness (QED) is 0.758. The first-order valence-electron chi connectivity index (χ1n) is 6.41. The molecule has 0 bridgehead atoms. The van der Waals surface area contributed by atoms with E-state index >= 15 is 0 Å². The zero-order chi connectivity index (χ0) is 16.2. The lowest BCUT2D eigenvalue weighted by Crippen LogP contribution is -2.28. The van der Waals surface area contributed by atoms with Gasteiger partial charge in [0.25, 0.3) is 0 Å². The third-order valence-corrected chi connectivity index (χ3v) is 4.88. The molecule has 0 fully saturated rings. The van der Waals surface area contributed by atoms with E-state index in [2.05, 4.69) is 0 Å². The van der Waals surface area contributed by atoms with Gasteiger partial charge in [-0.3, -0.25) is 0 Å². The third-order valence-electron chi connectivity index (χ3n) is 3.07. The maximum atomic E-state index is 12.1. The highest BCUT2D eigenvalue weighted by Crippen LogP contribution is 2.25. The third kappa shape index (κ3) is 3.72. The van der Waals surface area contributed by atoms with E-state index in [1.807, 2.05) is 6.92 Å². The molecule has 21 heavy (non-hydrogen) atoms. The number of benzene rings is 1. The fourth-order valence-corrected chi connectivity index (χ4v) is 2.83. The zero-order valence-electron chi connectivity index (χ0n) is 12.3. The highest BCUT2D eigenvalue weighted by atomic mass is 32.2. The summed E-state index contributed by atoms with van der Waals surface area (Å²) in [7, 11) is -0.927. The number of hydrogen-bond acceptors (Lipinski definition) is 5. The molecule has 0 aliphatic heterocycles. The summed E-state index contributed by atoms with van der Waals surface area (Å²) in [6, 6.07) is 3.98. The van der Waals surface area contributed by atoms with E-state index in [0.29, 0.717) is 12.2 Å². The Balaban J connectivity index is 3.42. The predicted octanol–water partition coefficient (Wildman–Crippen LogP) is 0.454. The Hall–Kier alpha value is -1.64. The van der Waals surface area contributed by atoms with Crippen LogP contribution in [0.2, 0.25) is 0 Å². The molecule has 0 radical (unpaired) electrons. The van der Waals surface area contributed by atoms with Crippen LogP contribution in [0.25, 0.3) is 0 Å². The van der Waals surface area contributed by atoms with E-state index in [4.69, 9.17) is 5.11 Å². The molecular weight excluding hydrogens is 296 g/mol. The standard InChI is InChI=1S/C13H20N2O5S/c1-4-15(7-8-16)12-6-5-10(9-11(12)13(17)18)21(19,20)14(2)3/h5-6,9,16H,4,7-8H2,1-3H3,(H,17,18). The Bertz CT molecular complexity index is 613. The highest BCUT2D eigenvalue weighted by Gasteiger charge is 2.22. The van der Waals surface area contributed by atoms with Gasteiger partial charge in [0.05, 0.1) is 22.8 Å². The maximum absolute atomic E-state index is 12.1. The SMILES string of the molecule is CCN(CCO)c1ccc(S(=O)(=O)N(C)C)cc1C(=O)O. The van der Waals surface area contributed by atoms with Gasteiger partial charge >= 0.3 is 5.97 Å². The van der Waals surface area contributed by atoms with Gasteiger partial charge in [-0.15, -0.1) is 0 Å². The van der Waals surface area contributed by atoms with Crippen molar-refractivity contribution in [2.75, 3.05) is 38.7 Å². The summed E-state index contributed by atoms with van der Waals surface area (Å²) in [5.41, 5.74) is 0.282. The number of anilines is 1. The lowest BCUT2D eigenvalue weighted by molar-refractivity contribution is 0.0697. The molecule has 0 atom stereocenters. The van der Waals surface area contributed by atoms with Crippen LogP contribution in [-0.4, -0.2) is 62.7 Å². The van der Waals surface area contributed by atoms with Gasteiger partial charge in [-0.25, -0.2) is 17.5 Å². The van der Waals surface area contributed by atoms with Crippen molar-refractivity contribution in [1.82, 2.24) is 4.31 Å². The predicted molar refractivity (Wildman–Crippen MR) is 79.2 cm³/mol. The van der Waals surface area contributed by atoms with Gasteiger partial charge in [0.15, 0.2) is 0 Å². The zero-order valence-corrected chi connectivity index (χ0v) is 13.1. The second-order valence-electron chi connectivity index (χ2n) is 4.57. The summed E-state index contributed by atoms with van der Waals surface area (Å²) >= 11 is 0. The lowest BCUT2D eigenvalue weighted by Gasteiger charge is -2.24. The van der Waals surface area contributed by atoms with Crippen LogP contribution in [0, 0.1) is 0 Å². The number of aromatic carboxylic acids is 1. The molecule has 0 heterocycles. The van der Waals surface area contributed by atoms with Gasteiger partial charge in [0.1, 0.15) is 0 Å². The highest BCUT2D eigenvalue weighted by molar-refractivity contribution is 7.89. The van der Waals surface area contributed by atoms with Crippen molar-refractivity contribution in [3.05, 3.63) is 23.8 Å². The van der Waals surface area contributed by atoms with Crippen LogP contribution in [0.4, 0.5) is 5.69 Å². The number of aliphatic hydroxyl groups excluding tert-OH is 1. The molecule has 0 aliphatic carbocycles. The van der Waals surface area contributed by atoms with Crippen molar-refractivity contribution in [1.29, 1.82) is 0 Å². The Labute approximate surface area is 124 Å². The molecule has 0 saturated carbocycles. The van der Waals surface area contributed by atoms with Gasteiger partial charge < -0.3 is 15.1 Å². The first kappa shape index (κ1) is 17.4. The lowest BCUT2D eigenvalue weighted by atomic mass is 10.1. The number of carboxylic acid groups (broad SMARTS) is 1. The normalized spacial score (nSPS) is 11.7. The average Bonchev–Trinajstić information content (AvgIpc) is 2.43. The number of aliphatic hydroxyl groups is 1. The molecule has 0 aromatic heterocycles. The summed E-state index contributed by atoms with van der Waals surface area (Å²) in [6.45, 7) is 2.48. The molecule has 0 amide bonds. The minimum atomic E-state index is -3.69. The number of carboxylic acids is 1. The number of sulfonamides is 1. The molecule has 1 aromatic rings. The minimum Gasteiger partial charge on any atom is -0.478 e. The largest absolute Gasteiger partial charge is 0.478 e. The minimum absolute atomic E-state index is 0.0753. The van der Waals surface area contributed by atoms with Crippen LogP contribution in [0.5, 0.6) is 0 Å². The smallest absolute Gasteiger partial charge is 0.337 e. The number of nitrogens with zero attached hydrogens (tertiary/aromatic N) is 2. The van der Waals surface area contributed by atoms with Gasteiger partial charge in [-0.05, 0) is 25.1 Å². The van der Waals surface area contributed by atoms with Crippen molar-refractivity contribution >= 4 is 21.7 Å². The fraction of sp³-hybridized carbons (Fsp3) is 0.462. The van der Waals surface area contributed by atoms with Crippen molar-refractivity contribution < 1.29 is 23.4 Å². The summed E-state index contributed by atoms with van der Waals surface area (Å²) in [6.07, 6.45) is 0. The Morgan fingerprint density at radius 2 is 1.90 bits per heavy atom. The number of carbonyl (C=O) groups is 1. The second kappa shape index (κ2) is 6.88. The number of hydrogen-bond donors (Lipinski definition) is 2. The van der Waals surface area contributed by atoms with E-state index in [9.17, 15) is 18.3 Å². The van der Waals surface area contributed by atoms with Crippen LogP contribution in [-0.2, 0) is 10.0 Å². The average molecular weight is 316 g/mol. The van der Waals surface area contributed by atoms with E-state index in [0.717, 1.165) is 10.4 Å². The number of rotatable bonds is 7. The van der Waals surface area contributed by atoms with Crippen LogP contribution >= 0.6 is 0 Å². The van der Waals surface area contributed by atoms with Crippen molar-refractivity contribution in [2.24, 2.45) is 0 Å². The molecule has 1 rings (SSSR count). The molecule has 1 aromatic carbocycles. The van der Waals surface area contributed by atoms with Crippen LogP contribution in [0.15, 0.2) is 23.1 Å². The van der Waals surface area contributed by atoms with Crippen molar-refractivity contribution in [3.63, 3.8) is 0 Å². The summed E-state index contributed by atoms with van der Waals surface area (Å²) in [4.78, 5) is 13.0. The van der Waals surface area contributed by atoms with Crippen LogP contribution in [0.3, 0.4) is 0 Å². The number of likely N-dealkylation sites (N-methyl/N-ethyl adjacent to an activating group) is 1. The van der Waals surface area contributed by atoms with E-state index in [-0.39, 0.29) is 23.6 Å². The fourth-order valence-electron chi connectivity index (χ4n) is 1.90. The molecule has 0 unspecified atom stereocenters. The molecule has 118 valence electrons. The summed E-state index contributed by atoms with van der Waals surface area (Å²) < 4.78 is 25.2. The Kier molecular flexibility index (Phi) is 5.70. The van der Waals surface area contributed by atoms with Crippen LogP contribution in [0.1, 0.15) is 17.3 Å². The summed E-state index contributed by atoms with van der Waals surface area (Å²) in [5.74, 6) is -1.21. The van der Waals surface area contributed by atoms with E-state index in [1.54, 1.807) is 4.90 Å². The molecule has 7 nitrogen and oxygen atoms in total. The molecule has 0 aliphatic rings. The summed E-state index contributed by atoms with van der Waals surface area (Å²) in [5, 5.41) is 18.3. The topological polar surface area (TPSA) is 98.2 Å². The first-order valence-corrected chi connectivity index (χ1v) is 7.85. The maximum Gasteiger partial charge on any atom is 0.337 e. The van der Waals surface area contributed by atoms with Crippen molar-refractivity contribution in [2.45, 2.75) is 11.8 Å². The molecule has 2 N–H and O–H groups in total. The van der Waals surface area contributed by atoms with Crippen LogP contribution < -0.4 is 4.90 Å². The molecule has 0 saturated heterocycles. The van der Waals surface area contributed by atoms with Gasteiger partial charge in [0.2, 0.25) is 10.0 Å². The Morgan fingerprint density at radius 3 is 2.33 bits per heavy atom. The first-order chi connectivity index (χ1) is 9.75. The van der Waals surface area contributed by atoms with Gasteiger partial charge in [-0.1, -0.05) is 0 Å². The molecule has 0 spiro atoms. The van der Waals surface area contributed by atoms with Gasteiger partial charge in [0, 0.05) is 27.2 Å². The van der Waals surface area contributed by atoms with Gasteiger partial charge in [-0.2, -0.15) is 0 Å². The second-order valence-corrected chi connectivity index (χ2v) is 6.73. The van der Waals surface area contributed by atoms with E-state index < -0.39 is 16.0 Å². The van der Waals surface area contributed by atoms with E-state index in [1.165, 1.54) is 26.2 Å². The molecule has 8 heteroatoms. The molecular formula is C13H20N2O5S. The monoisotopic (exact) mass is 316 g/mol.